The highest BCUT2D eigenvalue weighted by Gasteiger charge is 2.17. The predicted octanol–water partition coefficient (Wildman–Crippen LogP) is 5.56. The molecule has 2 aromatic heterocycles. The smallest absolute Gasteiger partial charge is 0.356 e. The molecule has 7 heteroatoms. The van der Waals surface area contributed by atoms with Crippen molar-refractivity contribution in [1.29, 1.82) is 0 Å². The van der Waals surface area contributed by atoms with E-state index in [4.69, 9.17) is 9.47 Å². The molecule has 0 aliphatic rings. The summed E-state index contributed by atoms with van der Waals surface area (Å²) in [6.07, 6.45) is 0. The first kappa shape index (κ1) is 20.3. The Balaban J connectivity index is 1.60. The van der Waals surface area contributed by atoms with Gasteiger partial charge in [-0.25, -0.2) is 14.3 Å². The van der Waals surface area contributed by atoms with Crippen molar-refractivity contribution in [3.63, 3.8) is 0 Å². The maximum absolute atomic E-state index is 11.5. The van der Waals surface area contributed by atoms with Gasteiger partial charge in [0.25, 0.3) is 0 Å². The number of ether oxygens (including phenoxy) is 2. The van der Waals surface area contributed by atoms with Crippen LogP contribution in [0.3, 0.4) is 0 Å². The number of aromatic nitrogens is 3. The zero-order valence-corrected chi connectivity index (χ0v) is 17.7. The van der Waals surface area contributed by atoms with Crippen molar-refractivity contribution in [3.05, 3.63) is 96.7 Å². The van der Waals surface area contributed by atoms with E-state index in [-0.39, 0.29) is 5.69 Å². The molecular weight excluding hydrogens is 418 g/mol. The van der Waals surface area contributed by atoms with Crippen molar-refractivity contribution >= 4 is 11.6 Å². The molecule has 0 amide bonds. The number of hydrogen-bond donors (Lipinski definition) is 1. The van der Waals surface area contributed by atoms with Crippen molar-refractivity contribution in [3.8, 4) is 39.8 Å². The third kappa shape index (κ3) is 3.99. The van der Waals surface area contributed by atoms with Crippen LogP contribution in [0.4, 0.5) is 0 Å². The summed E-state index contributed by atoms with van der Waals surface area (Å²) >= 11 is 0. The van der Waals surface area contributed by atoms with Crippen LogP contribution in [0.2, 0.25) is 0 Å². The topological polar surface area (TPSA) is 86.0 Å². The molecule has 0 spiro atoms. The molecule has 0 aliphatic carbocycles. The van der Waals surface area contributed by atoms with Gasteiger partial charge in [0.15, 0.2) is 11.3 Å². The normalized spacial score (nSPS) is 10.8. The molecule has 0 saturated carbocycles. The van der Waals surface area contributed by atoms with Gasteiger partial charge < -0.3 is 14.6 Å². The minimum absolute atomic E-state index is 0.0811. The average Bonchev–Trinajstić information content (AvgIpc) is 3.29. The maximum atomic E-state index is 11.5. The van der Waals surface area contributed by atoms with Crippen molar-refractivity contribution in [2.45, 2.75) is 0 Å². The van der Waals surface area contributed by atoms with Gasteiger partial charge in [-0.1, -0.05) is 30.3 Å². The van der Waals surface area contributed by atoms with E-state index in [9.17, 15) is 9.90 Å². The summed E-state index contributed by atoms with van der Waals surface area (Å²) in [5.41, 5.74) is 3.32. The number of para-hydroxylation sites is 2. The predicted molar refractivity (Wildman–Crippen MR) is 124 cm³/mol. The Kier molecular flexibility index (Phi) is 5.20. The molecule has 0 radical (unpaired) electrons. The van der Waals surface area contributed by atoms with E-state index in [0.29, 0.717) is 28.5 Å². The molecule has 0 aliphatic heterocycles. The number of benzene rings is 3. The Labute approximate surface area is 189 Å². The first-order valence-electron chi connectivity index (χ1n) is 10.2. The molecule has 1 N–H and O–H groups in total. The fraction of sp³-hybridized carbons (Fsp3) is 0.0385. The quantitative estimate of drug-likeness (QED) is 0.374. The molecular formula is C26H19N3O4. The third-order valence-corrected chi connectivity index (χ3v) is 5.16. The molecule has 162 valence electrons. The zero-order chi connectivity index (χ0) is 22.8. The van der Waals surface area contributed by atoms with Crippen LogP contribution < -0.4 is 9.47 Å². The number of hydrogen-bond acceptors (Lipinski definition) is 5. The van der Waals surface area contributed by atoms with E-state index in [1.807, 2.05) is 84.9 Å². The molecule has 0 unspecified atom stereocenters. The zero-order valence-electron chi connectivity index (χ0n) is 17.7. The van der Waals surface area contributed by atoms with E-state index in [2.05, 4.69) is 10.1 Å². The second kappa shape index (κ2) is 8.47. The van der Waals surface area contributed by atoms with Gasteiger partial charge in [-0.05, 0) is 54.6 Å². The molecule has 0 fully saturated rings. The first-order chi connectivity index (χ1) is 16.1. The van der Waals surface area contributed by atoms with E-state index in [0.717, 1.165) is 16.9 Å². The number of methoxy groups -OCH3 is 1. The van der Waals surface area contributed by atoms with E-state index >= 15 is 0 Å². The lowest BCUT2D eigenvalue weighted by Gasteiger charge is -2.12. The minimum atomic E-state index is -1.12. The maximum Gasteiger partial charge on any atom is 0.356 e. The Hall–Kier alpha value is -4.65. The number of nitrogens with zero attached hydrogens (tertiary/aromatic N) is 3. The van der Waals surface area contributed by atoms with Crippen LogP contribution >= 0.6 is 0 Å². The molecule has 33 heavy (non-hydrogen) atoms. The number of fused-ring (bicyclic) bond motifs is 1. The fourth-order valence-corrected chi connectivity index (χ4v) is 3.59. The Morgan fingerprint density at radius 1 is 0.879 bits per heavy atom. The van der Waals surface area contributed by atoms with Gasteiger partial charge in [0.1, 0.15) is 17.2 Å². The summed E-state index contributed by atoms with van der Waals surface area (Å²) in [6.45, 7) is 0. The molecule has 0 atom stereocenters. The highest BCUT2D eigenvalue weighted by molar-refractivity contribution is 5.87. The lowest BCUT2D eigenvalue weighted by atomic mass is 10.1. The highest BCUT2D eigenvalue weighted by atomic mass is 16.5. The summed E-state index contributed by atoms with van der Waals surface area (Å²) in [6, 6.07) is 28.0. The molecule has 5 rings (SSSR count). The fourth-order valence-electron chi connectivity index (χ4n) is 3.59. The number of rotatable bonds is 6. The van der Waals surface area contributed by atoms with Crippen LogP contribution in [0.5, 0.6) is 17.2 Å². The second-order valence-corrected chi connectivity index (χ2v) is 7.27. The van der Waals surface area contributed by atoms with Crippen molar-refractivity contribution in [1.82, 2.24) is 14.6 Å². The van der Waals surface area contributed by atoms with Crippen LogP contribution in [0.15, 0.2) is 91.0 Å². The Morgan fingerprint density at radius 2 is 1.58 bits per heavy atom. The van der Waals surface area contributed by atoms with Gasteiger partial charge in [-0.2, -0.15) is 5.10 Å². The lowest BCUT2D eigenvalue weighted by molar-refractivity contribution is 0.0690. The Bertz CT molecular complexity index is 1440. The molecule has 7 nitrogen and oxygen atoms in total. The van der Waals surface area contributed by atoms with Crippen LogP contribution in [0.1, 0.15) is 10.5 Å². The van der Waals surface area contributed by atoms with Crippen molar-refractivity contribution < 1.29 is 19.4 Å². The number of carboxylic acid groups (broad SMARTS) is 1. The number of carboxylic acids is 1. The van der Waals surface area contributed by atoms with Crippen LogP contribution in [0.25, 0.3) is 28.2 Å². The molecule has 2 heterocycles. The van der Waals surface area contributed by atoms with Gasteiger partial charge in [0, 0.05) is 17.2 Å². The number of aromatic carboxylic acids is 1. The van der Waals surface area contributed by atoms with Crippen molar-refractivity contribution in [2.75, 3.05) is 7.11 Å². The summed E-state index contributed by atoms with van der Waals surface area (Å²) in [5, 5.41) is 13.7. The Morgan fingerprint density at radius 3 is 2.30 bits per heavy atom. The SMILES string of the molecule is COc1ccccc1-c1cc(-c2ccc(Oc3ccccc3)cc2)nc2cc(C(=O)O)nn12. The molecule has 5 aromatic rings. The molecule has 0 saturated heterocycles. The highest BCUT2D eigenvalue weighted by Crippen LogP contribution is 2.33. The largest absolute Gasteiger partial charge is 0.496 e. The lowest BCUT2D eigenvalue weighted by Crippen LogP contribution is -2.02. The molecule has 3 aromatic carbocycles. The van der Waals surface area contributed by atoms with E-state index in [1.54, 1.807) is 7.11 Å². The summed E-state index contributed by atoms with van der Waals surface area (Å²) in [7, 11) is 1.59. The minimum Gasteiger partial charge on any atom is -0.496 e. The monoisotopic (exact) mass is 437 g/mol. The van der Waals surface area contributed by atoms with Gasteiger partial charge in [0.2, 0.25) is 0 Å². The van der Waals surface area contributed by atoms with Gasteiger partial charge in [0.05, 0.1) is 18.5 Å². The second-order valence-electron chi connectivity index (χ2n) is 7.27. The third-order valence-electron chi connectivity index (χ3n) is 5.16. The summed E-state index contributed by atoms with van der Waals surface area (Å²) in [5.74, 6) is 0.989. The van der Waals surface area contributed by atoms with Gasteiger partial charge >= 0.3 is 5.97 Å². The first-order valence-corrected chi connectivity index (χ1v) is 10.2. The van der Waals surface area contributed by atoms with Crippen LogP contribution in [-0.2, 0) is 0 Å². The van der Waals surface area contributed by atoms with E-state index < -0.39 is 5.97 Å². The average molecular weight is 437 g/mol. The summed E-state index contributed by atoms with van der Waals surface area (Å²) in [4.78, 5) is 16.2. The van der Waals surface area contributed by atoms with Gasteiger partial charge in [-0.15, -0.1) is 0 Å². The van der Waals surface area contributed by atoms with Crippen molar-refractivity contribution in [2.24, 2.45) is 0 Å². The standard InChI is InChI=1S/C26H19N3O4/c1-32-24-10-6-5-9-20(24)23-15-21(27-25-16-22(26(30)31)28-29(23)25)17-11-13-19(14-12-17)33-18-7-3-2-4-8-18/h2-16H,1H3,(H,30,31). The summed E-state index contributed by atoms with van der Waals surface area (Å²) < 4.78 is 12.9. The van der Waals surface area contributed by atoms with Crippen LogP contribution in [0, 0.1) is 0 Å². The van der Waals surface area contributed by atoms with Gasteiger partial charge in [-0.3, -0.25) is 0 Å². The molecule has 0 bridgehead atoms. The number of carbonyl (C=O) groups is 1. The van der Waals surface area contributed by atoms with E-state index in [1.165, 1.54) is 10.6 Å². The van der Waals surface area contributed by atoms with Crippen LogP contribution in [-0.4, -0.2) is 32.8 Å².